The number of hydrogen-bond donors (Lipinski definition) is 1. The Bertz CT molecular complexity index is 1190. The molecule has 1 N–H and O–H groups in total. The molecule has 1 saturated carbocycles. The number of Topliss-reactive ketones (excluding diaryl/α,β-unsaturated/α-hetero) is 2. The van der Waals surface area contributed by atoms with Gasteiger partial charge in [0.15, 0.2) is 5.78 Å². The van der Waals surface area contributed by atoms with Crippen LogP contribution >= 0.6 is 11.3 Å². The molecule has 2 atom stereocenters. The van der Waals surface area contributed by atoms with Crippen molar-refractivity contribution in [1.29, 1.82) is 0 Å². The summed E-state index contributed by atoms with van der Waals surface area (Å²) in [5.74, 6) is 0.243. The molecule has 2 fully saturated rings. The summed E-state index contributed by atoms with van der Waals surface area (Å²) in [6, 6.07) is 6.26. The van der Waals surface area contributed by atoms with Gasteiger partial charge in [-0.1, -0.05) is 58.6 Å². The number of nitrogens with zero attached hydrogens (tertiary/aromatic N) is 2. The lowest BCUT2D eigenvalue weighted by atomic mass is 9.83. The van der Waals surface area contributed by atoms with Gasteiger partial charge in [-0.2, -0.15) is 0 Å². The van der Waals surface area contributed by atoms with Gasteiger partial charge in [0.25, 0.3) is 0 Å². The van der Waals surface area contributed by atoms with E-state index in [4.69, 9.17) is 4.98 Å². The first-order valence-corrected chi connectivity index (χ1v) is 16.8. The number of carbonyl (C=O) groups excluding carboxylic acids is 3. The topological polar surface area (TPSA) is 79.4 Å². The summed E-state index contributed by atoms with van der Waals surface area (Å²) in [5.41, 5.74) is 2.90. The molecule has 4 rings (SSSR count). The van der Waals surface area contributed by atoms with Gasteiger partial charge in [0.2, 0.25) is 5.91 Å². The smallest absolute Gasteiger partial charge is 0.224 e. The van der Waals surface area contributed by atoms with Gasteiger partial charge < -0.3 is 5.32 Å². The number of likely N-dealkylation sites (tertiary alicyclic amines) is 1. The number of hydrogen-bond acceptors (Lipinski definition) is 6. The van der Waals surface area contributed by atoms with Crippen LogP contribution in [0.4, 0.5) is 0 Å². The van der Waals surface area contributed by atoms with E-state index in [0.29, 0.717) is 43.7 Å². The maximum Gasteiger partial charge on any atom is 0.224 e. The molecule has 2 aromatic rings. The quantitative estimate of drug-likeness (QED) is 0.220. The van der Waals surface area contributed by atoms with Gasteiger partial charge in [-0.3, -0.25) is 19.3 Å². The van der Waals surface area contributed by atoms with Crippen molar-refractivity contribution >= 4 is 39.0 Å². The van der Waals surface area contributed by atoms with Gasteiger partial charge in [-0.25, -0.2) is 4.98 Å². The lowest BCUT2D eigenvalue weighted by Gasteiger charge is -2.28. The lowest BCUT2D eigenvalue weighted by molar-refractivity contribution is -0.130. The van der Waals surface area contributed by atoms with Crippen LogP contribution in [0.5, 0.6) is 0 Å². The molecule has 1 aliphatic carbocycles. The van der Waals surface area contributed by atoms with Gasteiger partial charge >= 0.3 is 0 Å². The number of aryl methyl sites for hydroxylation is 1. The minimum Gasteiger partial charge on any atom is -0.353 e. The van der Waals surface area contributed by atoms with Crippen LogP contribution in [0.2, 0.25) is 0 Å². The Morgan fingerprint density at radius 3 is 2.56 bits per heavy atom. The van der Waals surface area contributed by atoms with Crippen LogP contribution < -0.4 is 5.32 Å². The molecule has 41 heavy (non-hydrogen) atoms. The van der Waals surface area contributed by atoms with Crippen molar-refractivity contribution in [3.63, 3.8) is 0 Å². The highest BCUT2D eigenvalue weighted by Gasteiger charge is 2.28. The van der Waals surface area contributed by atoms with Crippen molar-refractivity contribution in [1.82, 2.24) is 15.2 Å². The fourth-order valence-corrected chi connectivity index (χ4v) is 7.50. The monoisotopic (exact) mass is 579 g/mol. The molecule has 7 heteroatoms. The van der Waals surface area contributed by atoms with Crippen LogP contribution in [0.15, 0.2) is 30.4 Å². The van der Waals surface area contributed by atoms with E-state index in [1.807, 2.05) is 6.92 Å². The number of benzene rings is 1. The first-order chi connectivity index (χ1) is 19.8. The van der Waals surface area contributed by atoms with Crippen molar-refractivity contribution in [2.45, 2.75) is 110 Å². The molecular formula is C34H49N3O3S. The zero-order valence-corrected chi connectivity index (χ0v) is 26.0. The average molecular weight is 580 g/mol. The van der Waals surface area contributed by atoms with Crippen LogP contribution in [0.1, 0.15) is 101 Å². The van der Waals surface area contributed by atoms with Gasteiger partial charge in [0, 0.05) is 43.8 Å². The van der Waals surface area contributed by atoms with E-state index in [1.165, 1.54) is 50.5 Å². The molecule has 2 heterocycles. The summed E-state index contributed by atoms with van der Waals surface area (Å²) in [4.78, 5) is 46.5. The van der Waals surface area contributed by atoms with Crippen molar-refractivity contribution < 1.29 is 14.4 Å². The molecular weight excluding hydrogens is 530 g/mol. The van der Waals surface area contributed by atoms with E-state index >= 15 is 0 Å². The molecule has 0 spiro atoms. The third-order valence-corrected chi connectivity index (χ3v) is 10.0. The second-order valence-corrected chi connectivity index (χ2v) is 13.4. The van der Waals surface area contributed by atoms with E-state index in [1.54, 1.807) is 11.3 Å². The number of aromatic nitrogens is 1. The summed E-state index contributed by atoms with van der Waals surface area (Å²) in [5, 5.41) is 4.22. The van der Waals surface area contributed by atoms with E-state index in [0.717, 1.165) is 41.2 Å². The maximum atomic E-state index is 13.8. The minimum atomic E-state index is -0.455. The maximum absolute atomic E-state index is 13.8. The number of amides is 1. The molecule has 0 bridgehead atoms. The number of carbonyl (C=O) groups is 3. The number of fused-ring (bicyclic) bond motifs is 1. The van der Waals surface area contributed by atoms with Crippen LogP contribution in [-0.2, 0) is 27.2 Å². The van der Waals surface area contributed by atoms with E-state index in [-0.39, 0.29) is 29.9 Å². The third-order valence-electron chi connectivity index (χ3n) is 8.98. The predicted molar refractivity (Wildman–Crippen MR) is 168 cm³/mol. The molecule has 1 amide bonds. The second kappa shape index (κ2) is 15.7. The fourth-order valence-electron chi connectivity index (χ4n) is 6.39. The molecule has 0 radical (unpaired) electrons. The number of nitrogens with one attached hydrogen (secondary N) is 1. The second-order valence-electron chi connectivity index (χ2n) is 12.3. The highest BCUT2D eigenvalue weighted by Crippen LogP contribution is 2.30. The van der Waals surface area contributed by atoms with E-state index < -0.39 is 5.92 Å². The number of thiazole rings is 1. The fraction of sp³-hybridized carbons (Fsp3) is 0.647. The van der Waals surface area contributed by atoms with Crippen molar-refractivity contribution in [3.05, 3.63) is 40.9 Å². The molecule has 0 unspecified atom stereocenters. The van der Waals surface area contributed by atoms with E-state index in [9.17, 15) is 14.4 Å². The summed E-state index contributed by atoms with van der Waals surface area (Å²) < 4.78 is 1.13. The van der Waals surface area contributed by atoms with Gasteiger partial charge in [0.1, 0.15) is 5.78 Å². The zero-order chi connectivity index (χ0) is 29.2. The Kier molecular flexibility index (Phi) is 12.1. The summed E-state index contributed by atoms with van der Waals surface area (Å²) in [6.45, 7) is 10.8. The Morgan fingerprint density at radius 1 is 1.10 bits per heavy atom. The molecule has 224 valence electrons. The normalized spacial score (nSPS) is 17.9. The molecule has 1 saturated heterocycles. The Morgan fingerprint density at radius 2 is 1.85 bits per heavy atom. The first kappa shape index (κ1) is 31.6. The first-order valence-electron chi connectivity index (χ1n) is 16.0. The highest BCUT2D eigenvalue weighted by atomic mass is 32.1. The predicted octanol–water partition coefficient (Wildman–Crippen LogP) is 6.84. The van der Waals surface area contributed by atoms with Crippen molar-refractivity contribution in [2.75, 3.05) is 19.6 Å². The largest absolute Gasteiger partial charge is 0.353 e. The molecule has 1 aromatic carbocycles. The number of ketones is 2. The van der Waals surface area contributed by atoms with Crippen LogP contribution in [0, 0.1) is 11.8 Å². The Labute approximate surface area is 250 Å². The van der Waals surface area contributed by atoms with Crippen LogP contribution in [0.25, 0.3) is 10.2 Å². The third kappa shape index (κ3) is 9.57. The Hall–Kier alpha value is -2.38. The van der Waals surface area contributed by atoms with Gasteiger partial charge in [0.05, 0.1) is 21.1 Å². The minimum absolute atomic E-state index is 0.0733. The Balaban J connectivity index is 1.43. The molecule has 1 aliphatic heterocycles. The van der Waals surface area contributed by atoms with Gasteiger partial charge in [-0.15, -0.1) is 11.3 Å². The van der Waals surface area contributed by atoms with Crippen molar-refractivity contribution in [3.8, 4) is 0 Å². The summed E-state index contributed by atoms with van der Waals surface area (Å²) in [6.07, 6.45) is 12.5. The van der Waals surface area contributed by atoms with Crippen molar-refractivity contribution in [2.24, 2.45) is 11.8 Å². The summed E-state index contributed by atoms with van der Waals surface area (Å²) >= 11 is 1.62. The number of rotatable bonds is 16. The molecule has 1 aromatic heterocycles. The molecule has 6 nitrogen and oxygen atoms in total. The molecule has 2 aliphatic rings. The average Bonchev–Trinajstić information content (AvgIpc) is 3.64. The highest BCUT2D eigenvalue weighted by molar-refractivity contribution is 7.18. The lowest BCUT2D eigenvalue weighted by Crippen LogP contribution is -2.41. The van der Waals surface area contributed by atoms with Crippen LogP contribution in [-0.4, -0.2) is 53.0 Å². The van der Waals surface area contributed by atoms with Gasteiger partial charge in [-0.05, 0) is 68.8 Å². The zero-order valence-electron chi connectivity index (χ0n) is 25.2. The van der Waals surface area contributed by atoms with E-state index in [2.05, 4.69) is 41.9 Å². The van der Waals surface area contributed by atoms with Crippen LogP contribution in [0.3, 0.4) is 0 Å². The SMILES string of the molecule is C=C(CN1CCCC1)C(=O)CC[C@H](CC1CCCCC1)NC(=O)[C@@H](CC(=O)CC)Cc1nc2ccc(CC)cc2s1. The standard InChI is InChI=1S/C34H49N3O3S/c1-4-25-13-15-30-32(20-25)41-33(36-30)22-27(21-29(38)5-2)34(40)35-28(19-26-11-7-6-8-12-26)14-16-31(39)24(3)23-37-17-9-10-18-37/h13,15,20,26-28H,3-12,14,16-19,21-23H2,1-2H3,(H,35,40)/t27-,28+/m0/s1. The summed E-state index contributed by atoms with van der Waals surface area (Å²) in [7, 11) is 0.